The van der Waals surface area contributed by atoms with Gasteiger partial charge < -0.3 is 15.2 Å². The predicted octanol–water partition coefficient (Wildman–Crippen LogP) is 4.15. The summed E-state index contributed by atoms with van der Waals surface area (Å²) < 4.78 is 4.95. The van der Waals surface area contributed by atoms with Crippen molar-refractivity contribution >= 4 is 51.3 Å². The maximum Gasteiger partial charge on any atom is 0.315 e. The summed E-state index contributed by atoms with van der Waals surface area (Å²) in [6, 6.07) is 11.4. The summed E-state index contributed by atoms with van der Waals surface area (Å²) in [5, 5.41) is 31.8. The van der Waals surface area contributed by atoms with Crippen molar-refractivity contribution in [3.8, 4) is 11.5 Å². The molecular weight excluding hydrogens is 420 g/mol. The van der Waals surface area contributed by atoms with Gasteiger partial charge in [0.15, 0.2) is 10.8 Å². The molecule has 148 valence electrons. The van der Waals surface area contributed by atoms with E-state index in [4.69, 9.17) is 16.3 Å². The molecule has 0 fully saturated rings. The largest absolute Gasteiger partial charge is 0.500 e. The number of ether oxygens (including phenoxy) is 1. The Morgan fingerprint density at radius 2 is 1.97 bits per heavy atom. The van der Waals surface area contributed by atoms with E-state index in [-0.39, 0.29) is 20.8 Å². The first-order valence-corrected chi connectivity index (χ1v) is 9.21. The number of nitrogens with one attached hydrogen (secondary N) is 1. The number of nitro benzene ring substituents is 1. The molecule has 1 amide bonds. The highest BCUT2D eigenvalue weighted by Crippen LogP contribution is 2.38. The number of phenols is 1. The van der Waals surface area contributed by atoms with E-state index in [1.54, 1.807) is 24.3 Å². The van der Waals surface area contributed by atoms with E-state index in [2.05, 4.69) is 15.5 Å². The molecule has 0 aliphatic heterocycles. The lowest BCUT2D eigenvalue weighted by Crippen LogP contribution is -2.11. The van der Waals surface area contributed by atoms with Crippen molar-refractivity contribution in [2.24, 2.45) is 0 Å². The molecule has 0 saturated heterocycles. The molecular formula is C18H13ClN4O5S. The summed E-state index contributed by atoms with van der Waals surface area (Å²) in [6.45, 7) is 0. The summed E-state index contributed by atoms with van der Waals surface area (Å²) in [5.41, 5.74) is 0.390. The van der Waals surface area contributed by atoms with Crippen LogP contribution in [0.2, 0.25) is 0 Å². The first-order chi connectivity index (χ1) is 13.9. The van der Waals surface area contributed by atoms with Crippen LogP contribution < -0.4 is 10.1 Å². The Bertz CT molecular complexity index is 1100. The first-order valence-electron chi connectivity index (χ1n) is 8.02. The molecule has 2 aromatic carbocycles. The van der Waals surface area contributed by atoms with Gasteiger partial charge in [0.25, 0.3) is 5.91 Å². The highest BCUT2D eigenvalue weighted by Gasteiger charge is 2.20. The standard InChI is InChI=1S/C18H13ClN4O5S/c1-28-14-9-10(8-13(15(14)24)23(26)27)7-12(19)17-21-22-18(29-17)16(25)20-11-5-3-2-4-6-11/h2-9,24H,1H3,(H,20,25)/b12-7-. The topological polar surface area (TPSA) is 127 Å². The smallest absolute Gasteiger partial charge is 0.315 e. The average Bonchev–Trinajstić information content (AvgIpc) is 3.20. The number of hydrogen-bond donors (Lipinski definition) is 2. The summed E-state index contributed by atoms with van der Waals surface area (Å²) in [5.74, 6) is -1.09. The maximum atomic E-state index is 12.3. The van der Waals surface area contributed by atoms with Gasteiger partial charge in [0.05, 0.1) is 17.1 Å². The van der Waals surface area contributed by atoms with Gasteiger partial charge in [-0.1, -0.05) is 41.1 Å². The lowest BCUT2D eigenvalue weighted by Gasteiger charge is -2.05. The second kappa shape index (κ2) is 8.67. The van der Waals surface area contributed by atoms with E-state index in [0.717, 1.165) is 17.4 Å². The summed E-state index contributed by atoms with van der Waals surface area (Å²) in [7, 11) is 1.27. The fraction of sp³-hybridized carbons (Fsp3) is 0.0556. The van der Waals surface area contributed by atoms with Crippen molar-refractivity contribution in [1.29, 1.82) is 0 Å². The monoisotopic (exact) mass is 432 g/mol. The summed E-state index contributed by atoms with van der Waals surface area (Å²) in [4.78, 5) is 22.6. The quantitative estimate of drug-likeness (QED) is 0.442. The number of nitro groups is 1. The highest BCUT2D eigenvalue weighted by molar-refractivity contribution is 7.15. The number of aromatic nitrogens is 2. The first kappa shape index (κ1) is 20.2. The zero-order chi connectivity index (χ0) is 21.0. The number of benzene rings is 2. The molecule has 0 aliphatic rings. The van der Waals surface area contributed by atoms with E-state index >= 15 is 0 Å². The van der Waals surface area contributed by atoms with Gasteiger partial charge in [-0.15, -0.1) is 10.2 Å². The van der Waals surface area contributed by atoms with Gasteiger partial charge in [-0.3, -0.25) is 14.9 Å². The van der Waals surface area contributed by atoms with E-state index < -0.39 is 22.3 Å². The van der Waals surface area contributed by atoms with Crippen LogP contribution >= 0.6 is 22.9 Å². The van der Waals surface area contributed by atoms with Gasteiger partial charge in [-0.05, 0) is 29.8 Å². The minimum atomic E-state index is -0.736. The predicted molar refractivity (Wildman–Crippen MR) is 109 cm³/mol. The van der Waals surface area contributed by atoms with Crippen LogP contribution in [-0.4, -0.2) is 33.2 Å². The molecule has 0 atom stereocenters. The van der Waals surface area contributed by atoms with E-state index in [1.165, 1.54) is 19.3 Å². The van der Waals surface area contributed by atoms with Gasteiger partial charge in [0, 0.05) is 11.8 Å². The highest BCUT2D eigenvalue weighted by atomic mass is 35.5. The molecule has 1 aromatic heterocycles. The Labute approximate surface area is 173 Å². The molecule has 2 N–H and O–H groups in total. The zero-order valence-corrected chi connectivity index (χ0v) is 16.4. The van der Waals surface area contributed by atoms with Gasteiger partial charge in [-0.25, -0.2) is 0 Å². The maximum absolute atomic E-state index is 12.3. The summed E-state index contributed by atoms with van der Waals surface area (Å²) >= 11 is 7.21. The van der Waals surface area contributed by atoms with Crippen LogP contribution in [0.5, 0.6) is 11.5 Å². The van der Waals surface area contributed by atoms with Crippen molar-refractivity contribution in [3.63, 3.8) is 0 Å². The van der Waals surface area contributed by atoms with Crippen LogP contribution in [0.3, 0.4) is 0 Å². The van der Waals surface area contributed by atoms with Gasteiger partial charge in [0.2, 0.25) is 10.8 Å². The summed E-state index contributed by atoms with van der Waals surface area (Å²) in [6.07, 6.45) is 1.40. The fourth-order valence-corrected chi connectivity index (χ4v) is 3.24. The molecule has 0 spiro atoms. The molecule has 0 radical (unpaired) electrons. The van der Waals surface area contributed by atoms with Crippen molar-refractivity contribution in [1.82, 2.24) is 10.2 Å². The lowest BCUT2D eigenvalue weighted by atomic mass is 10.1. The van der Waals surface area contributed by atoms with E-state index in [0.29, 0.717) is 11.3 Å². The van der Waals surface area contributed by atoms with Crippen molar-refractivity contribution in [2.45, 2.75) is 0 Å². The number of para-hydroxylation sites is 1. The fourth-order valence-electron chi connectivity index (χ4n) is 2.32. The van der Waals surface area contributed by atoms with Gasteiger partial charge in [0.1, 0.15) is 0 Å². The van der Waals surface area contributed by atoms with Crippen molar-refractivity contribution in [2.75, 3.05) is 12.4 Å². The van der Waals surface area contributed by atoms with Crippen LogP contribution in [-0.2, 0) is 0 Å². The minimum Gasteiger partial charge on any atom is -0.500 e. The third kappa shape index (κ3) is 4.68. The van der Waals surface area contributed by atoms with Crippen molar-refractivity contribution < 1.29 is 19.6 Å². The third-order valence-corrected chi connectivity index (χ3v) is 5.00. The zero-order valence-electron chi connectivity index (χ0n) is 14.8. The number of amides is 1. The Kier molecular flexibility index (Phi) is 6.05. The normalized spacial score (nSPS) is 11.2. The van der Waals surface area contributed by atoms with Crippen LogP contribution in [0.15, 0.2) is 42.5 Å². The number of carbonyl (C=O) groups is 1. The van der Waals surface area contributed by atoms with E-state index in [9.17, 15) is 20.0 Å². The number of aromatic hydroxyl groups is 1. The molecule has 1 heterocycles. The number of nitrogens with zero attached hydrogens (tertiary/aromatic N) is 3. The third-order valence-electron chi connectivity index (χ3n) is 3.64. The van der Waals surface area contributed by atoms with Crippen LogP contribution in [0, 0.1) is 10.1 Å². The van der Waals surface area contributed by atoms with Crippen LogP contribution in [0.25, 0.3) is 11.1 Å². The second-order valence-electron chi connectivity index (χ2n) is 5.57. The molecule has 0 unspecified atom stereocenters. The van der Waals surface area contributed by atoms with Gasteiger partial charge in [-0.2, -0.15) is 0 Å². The minimum absolute atomic E-state index is 0.0740. The molecule has 3 aromatic rings. The number of halogens is 1. The van der Waals surface area contributed by atoms with Crippen LogP contribution in [0.1, 0.15) is 20.4 Å². The van der Waals surface area contributed by atoms with Crippen molar-refractivity contribution in [3.05, 3.63) is 68.2 Å². The number of methoxy groups -OCH3 is 1. The number of phenolic OH excluding ortho intramolecular Hbond substituents is 1. The SMILES string of the molecule is COc1cc(/C=C(\Cl)c2nnc(C(=O)Nc3ccccc3)s2)cc([N+](=O)[O-])c1O. The number of hydrogen-bond acceptors (Lipinski definition) is 8. The Morgan fingerprint density at radius 3 is 2.62 bits per heavy atom. The lowest BCUT2D eigenvalue weighted by molar-refractivity contribution is -0.386. The Hall–Kier alpha value is -3.50. The Morgan fingerprint density at radius 1 is 1.28 bits per heavy atom. The molecule has 0 aliphatic carbocycles. The number of anilines is 1. The molecule has 9 nitrogen and oxygen atoms in total. The second-order valence-corrected chi connectivity index (χ2v) is 6.96. The number of rotatable bonds is 6. The van der Waals surface area contributed by atoms with Crippen LogP contribution in [0.4, 0.5) is 11.4 Å². The molecule has 3 rings (SSSR count). The average molecular weight is 433 g/mol. The van der Waals surface area contributed by atoms with E-state index in [1.807, 2.05) is 6.07 Å². The molecule has 29 heavy (non-hydrogen) atoms. The Balaban J connectivity index is 1.85. The molecule has 11 heteroatoms. The molecule has 0 saturated carbocycles. The number of carbonyl (C=O) groups excluding carboxylic acids is 1. The molecule has 0 bridgehead atoms. The van der Waals surface area contributed by atoms with Gasteiger partial charge >= 0.3 is 5.69 Å².